The first-order chi connectivity index (χ1) is 16.6. The molecule has 0 spiro atoms. The number of aromatic nitrogens is 6. The number of fused-ring (bicyclic) bond motifs is 1. The highest BCUT2D eigenvalue weighted by Gasteiger charge is 2.47. The van der Waals surface area contributed by atoms with E-state index in [2.05, 4.69) is 36.9 Å². The molecule has 0 aliphatic carbocycles. The number of amides is 1. The molecule has 5 rings (SSSR count). The van der Waals surface area contributed by atoms with Gasteiger partial charge in [-0.25, -0.2) is 28.4 Å². The van der Waals surface area contributed by atoms with Crippen LogP contribution in [0, 0.1) is 11.8 Å². The van der Waals surface area contributed by atoms with Gasteiger partial charge in [0, 0.05) is 35.6 Å². The lowest BCUT2D eigenvalue weighted by atomic mass is 10.0. The van der Waals surface area contributed by atoms with Crippen molar-refractivity contribution in [1.82, 2.24) is 34.6 Å². The van der Waals surface area contributed by atoms with Gasteiger partial charge in [0.05, 0.1) is 18.6 Å². The highest BCUT2D eigenvalue weighted by Crippen LogP contribution is 2.30. The van der Waals surface area contributed by atoms with Gasteiger partial charge in [-0.1, -0.05) is 11.8 Å². The smallest absolute Gasteiger partial charge is 0.282 e. The zero-order chi connectivity index (χ0) is 24.8. The molecule has 1 unspecified atom stereocenters. The number of alkyl halides is 2. The van der Waals surface area contributed by atoms with Gasteiger partial charge in [-0.05, 0) is 31.2 Å². The molecule has 1 saturated heterocycles. The predicted molar refractivity (Wildman–Crippen MR) is 120 cm³/mol. The maximum Gasteiger partial charge on any atom is 0.282 e. The molecule has 1 atom stereocenters. The second-order valence-corrected chi connectivity index (χ2v) is 8.18. The van der Waals surface area contributed by atoms with Crippen molar-refractivity contribution in [1.29, 1.82) is 0 Å². The average molecular weight is 476 g/mol. The Morgan fingerprint density at radius 1 is 1.17 bits per heavy atom. The van der Waals surface area contributed by atoms with E-state index in [0.29, 0.717) is 16.5 Å². The van der Waals surface area contributed by atoms with Gasteiger partial charge in [-0.3, -0.25) is 4.79 Å². The van der Waals surface area contributed by atoms with Crippen LogP contribution in [0.2, 0.25) is 0 Å². The monoisotopic (exact) mass is 476 g/mol. The summed E-state index contributed by atoms with van der Waals surface area (Å²) in [5, 5.41) is 15.5. The number of rotatable bonds is 3. The van der Waals surface area contributed by atoms with Gasteiger partial charge >= 0.3 is 0 Å². The Morgan fingerprint density at radius 3 is 2.60 bits per heavy atom. The van der Waals surface area contributed by atoms with Crippen molar-refractivity contribution >= 4 is 22.8 Å². The number of halogens is 2. The third-order valence-electron chi connectivity index (χ3n) is 5.34. The fourth-order valence-electron chi connectivity index (χ4n) is 3.61. The van der Waals surface area contributed by atoms with Crippen LogP contribution in [0.3, 0.4) is 0 Å². The number of hydrogen-bond donors (Lipinski definition) is 2. The minimum Gasteiger partial charge on any atom is -0.371 e. The van der Waals surface area contributed by atoms with Gasteiger partial charge < -0.3 is 15.7 Å². The molecule has 1 aliphatic heterocycles. The van der Waals surface area contributed by atoms with Gasteiger partial charge in [0.1, 0.15) is 0 Å². The maximum atomic E-state index is 13.4. The number of nitrogens with two attached hydrogens (primary N) is 1. The normalized spacial score (nSPS) is 16.2. The zero-order valence-corrected chi connectivity index (χ0v) is 18.4. The molecule has 35 heavy (non-hydrogen) atoms. The SMILES string of the molecule is CC(O)(C#Cc1ccc2c(C(=O)N3CC(F)(F)C3)nn(-c3ccnc(N)n3)c2c1)c1ncccn1. The van der Waals surface area contributed by atoms with Crippen molar-refractivity contribution in [2.75, 3.05) is 18.8 Å². The van der Waals surface area contributed by atoms with E-state index in [1.54, 1.807) is 30.3 Å². The molecule has 10 nitrogen and oxygen atoms in total. The van der Waals surface area contributed by atoms with Crippen LogP contribution in [-0.2, 0) is 5.60 Å². The largest absolute Gasteiger partial charge is 0.371 e. The third-order valence-corrected chi connectivity index (χ3v) is 5.34. The van der Waals surface area contributed by atoms with Gasteiger partial charge in [-0.15, -0.1) is 0 Å². The number of nitrogens with zero attached hydrogens (tertiary/aromatic N) is 7. The Morgan fingerprint density at radius 2 is 1.91 bits per heavy atom. The van der Waals surface area contributed by atoms with Crippen LogP contribution in [0.4, 0.5) is 14.7 Å². The Hall–Kier alpha value is -4.50. The minimum atomic E-state index is -2.91. The first-order valence-electron chi connectivity index (χ1n) is 10.4. The van der Waals surface area contributed by atoms with E-state index >= 15 is 0 Å². The van der Waals surface area contributed by atoms with E-state index in [1.165, 1.54) is 30.2 Å². The molecule has 4 aromatic rings. The predicted octanol–water partition coefficient (Wildman–Crippen LogP) is 1.54. The summed E-state index contributed by atoms with van der Waals surface area (Å²) < 4.78 is 28.1. The van der Waals surface area contributed by atoms with Crippen LogP contribution >= 0.6 is 0 Å². The molecule has 4 heterocycles. The molecule has 1 aromatic carbocycles. The maximum absolute atomic E-state index is 13.4. The molecule has 3 aromatic heterocycles. The average Bonchev–Trinajstić information content (AvgIpc) is 3.20. The topological polar surface area (TPSA) is 136 Å². The fraction of sp³-hybridized carbons (Fsp3) is 0.217. The number of anilines is 1. The number of benzene rings is 1. The van der Waals surface area contributed by atoms with Crippen LogP contribution in [0.25, 0.3) is 16.7 Å². The Bertz CT molecular complexity index is 1500. The van der Waals surface area contributed by atoms with Gasteiger partial charge in [0.2, 0.25) is 5.95 Å². The summed E-state index contributed by atoms with van der Waals surface area (Å²) in [6, 6.07) is 8.08. The molecule has 1 fully saturated rings. The molecule has 176 valence electrons. The molecule has 3 N–H and O–H groups in total. The number of nitrogen functional groups attached to an aromatic ring is 1. The molecule has 1 aliphatic rings. The molecule has 12 heteroatoms. The Labute approximate surface area is 197 Å². The van der Waals surface area contributed by atoms with E-state index in [1.807, 2.05) is 0 Å². The highest BCUT2D eigenvalue weighted by atomic mass is 19.3. The van der Waals surface area contributed by atoms with Crippen LogP contribution in [-0.4, -0.2) is 64.6 Å². The Kier molecular flexibility index (Phi) is 5.14. The number of carbonyl (C=O) groups excluding carboxylic acids is 1. The lowest BCUT2D eigenvalue weighted by molar-refractivity contribution is -0.113. The summed E-state index contributed by atoms with van der Waals surface area (Å²) in [4.78, 5) is 30.0. The van der Waals surface area contributed by atoms with Crippen LogP contribution < -0.4 is 5.73 Å². The van der Waals surface area contributed by atoms with Crippen molar-refractivity contribution in [2.45, 2.75) is 18.4 Å². The van der Waals surface area contributed by atoms with Crippen molar-refractivity contribution in [3.63, 3.8) is 0 Å². The summed E-state index contributed by atoms with van der Waals surface area (Å²) in [5.41, 5.74) is 5.04. The van der Waals surface area contributed by atoms with E-state index < -0.39 is 30.5 Å². The second kappa shape index (κ2) is 8.07. The number of hydrogen-bond acceptors (Lipinski definition) is 8. The number of likely N-dealkylation sites (tertiary alicyclic amines) is 1. The fourth-order valence-corrected chi connectivity index (χ4v) is 3.61. The van der Waals surface area contributed by atoms with Crippen molar-refractivity contribution in [3.8, 4) is 17.7 Å². The van der Waals surface area contributed by atoms with Crippen molar-refractivity contribution in [2.24, 2.45) is 0 Å². The van der Waals surface area contributed by atoms with E-state index in [4.69, 9.17) is 5.73 Å². The van der Waals surface area contributed by atoms with Gasteiger partial charge in [0.15, 0.2) is 22.9 Å². The van der Waals surface area contributed by atoms with Gasteiger partial charge in [-0.2, -0.15) is 10.1 Å². The number of carbonyl (C=O) groups is 1. The standard InChI is InChI=1S/C23H18F2N8O2/c1-22(35,20-27-8-2-9-28-20)7-5-14-3-4-15-16(11-14)33(17-6-10-29-21(26)30-17)31-18(15)19(34)32-12-23(24,25)13-32/h2-4,6,8-11,35H,12-13H2,1H3,(H2,26,29,30). The first kappa shape index (κ1) is 22.3. The van der Waals surface area contributed by atoms with E-state index in [-0.39, 0.29) is 23.3 Å². The summed E-state index contributed by atoms with van der Waals surface area (Å²) in [6.07, 6.45) is 4.44. The first-order valence-corrected chi connectivity index (χ1v) is 10.4. The minimum absolute atomic E-state index is 0.00289. The van der Waals surface area contributed by atoms with Gasteiger partial charge in [0.25, 0.3) is 11.8 Å². The third kappa shape index (κ3) is 4.24. The van der Waals surface area contributed by atoms with E-state index in [9.17, 15) is 18.7 Å². The molecule has 0 bridgehead atoms. The second-order valence-electron chi connectivity index (χ2n) is 8.18. The summed E-state index contributed by atoms with van der Waals surface area (Å²) in [7, 11) is 0. The summed E-state index contributed by atoms with van der Waals surface area (Å²) >= 11 is 0. The van der Waals surface area contributed by atoms with Crippen LogP contribution in [0.15, 0.2) is 48.9 Å². The molecule has 0 saturated carbocycles. The summed E-state index contributed by atoms with van der Waals surface area (Å²) in [5.74, 6) is 2.53. The molecular formula is C23H18F2N8O2. The highest BCUT2D eigenvalue weighted by molar-refractivity contribution is 6.05. The molecule has 0 radical (unpaired) electrons. The lowest BCUT2D eigenvalue weighted by Gasteiger charge is -2.38. The van der Waals surface area contributed by atoms with E-state index in [0.717, 1.165) is 4.90 Å². The quantitative estimate of drug-likeness (QED) is 0.425. The summed E-state index contributed by atoms with van der Waals surface area (Å²) in [6.45, 7) is 0.142. The van der Waals surface area contributed by atoms with Crippen LogP contribution in [0.1, 0.15) is 28.8 Å². The van der Waals surface area contributed by atoms with Crippen LogP contribution in [0.5, 0.6) is 0 Å². The van der Waals surface area contributed by atoms with Crippen molar-refractivity contribution in [3.05, 3.63) is 66.0 Å². The lowest BCUT2D eigenvalue weighted by Crippen LogP contribution is -2.58. The zero-order valence-electron chi connectivity index (χ0n) is 18.4. The molecular weight excluding hydrogens is 458 g/mol. The Balaban J connectivity index is 1.59. The molecule has 1 amide bonds. The number of aliphatic hydroxyl groups is 1. The van der Waals surface area contributed by atoms with Crippen molar-refractivity contribution < 1.29 is 18.7 Å².